The van der Waals surface area contributed by atoms with Gasteiger partial charge in [-0.3, -0.25) is 0 Å². The Morgan fingerprint density at radius 2 is 2.33 bits per heavy atom. The zero-order chi connectivity index (χ0) is 8.97. The first kappa shape index (κ1) is 8.54. The average Bonchev–Trinajstić information content (AvgIpc) is 2.05. The van der Waals surface area contributed by atoms with Crippen molar-refractivity contribution in [3.63, 3.8) is 0 Å². The number of ether oxygens (including phenoxy) is 1. The SMILES string of the molecule is [C-]#[N+]Cc1ccc(OC)c(F)c1. The molecule has 1 aromatic rings. The number of methoxy groups -OCH3 is 1. The Morgan fingerprint density at radius 1 is 1.58 bits per heavy atom. The Morgan fingerprint density at radius 3 is 2.83 bits per heavy atom. The standard InChI is InChI=1S/C9H8FNO/c1-11-6-7-3-4-9(12-2)8(10)5-7/h3-5H,6H2,2H3. The largest absolute Gasteiger partial charge is 0.494 e. The molecule has 0 aliphatic rings. The van der Waals surface area contributed by atoms with Crippen LogP contribution >= 0.6 is 0 Å². The molecule has 0 amide bonds. The van der Waals surface area contributed by atoms with Gasteiger partial charge in [0.1, 0.15) is 0 Å². The summed E-state index contributed by atoms with van der Waals surface area (Å²) in [7, 11) is 1.41. The second-order valence-corrected chi connectivity index (χ2v) is 2.29. The fraction of sp³-hybridized carbons (Fsp3) is 0.222. The highest BCUT2D eigenvalue weighted by molar-refractivity contribution is 5.29. The summed E-state index contributed by atoms with van der Waals surface area (Å²) in [6.07, 6.45) is 0. The lowest BCUT2D eigenvalue weighted by atomic mass is 10.2. The summed E-state index contributed by atoms with van der Waals surface area (Å²) in [6.45, 7) is 6.79. The Bertz CT molecular complexity index is 317. The maximum Gasteiger partial charge on any atom is 0.239 e. The van der Waals surface area contributed by atoms with Crippen LogP contribution in [0.1, 0.15) is 5.56 Å². The van der Waals surface area contributed by atoms with Crippen LogP contribution in [0.4, 0.5) is 4.39 Å². The van der Waals surface area contributed by atoms with Crippen LogP contribution in [0, 0.1) is 12.4 Å². The van der Waals surface area contributed by atoms with Gasteiger partial charge in [0.15, 0.2) is 11.6 Å². The van der Waals surface area contributed by atoms with Crippen LogP contribution in [0.25, 0.3) is 4.85 Å². The van der Waals surface area contributed by atoms with Gasteiger partial charge in [-0.15, -0.1) is 0 Å². The average molecular weight is 165 g/mol. The van der Waals surface area contributed by atoms with E-state index >= 15 is 0 Å². The van der Waals surface area contributed by atoms with Crippen molar-refractivity contribution in [2.45, 2.75) is 6.54 Å². The fourth-order valence-corrected chi connectivity index (χ4v) is 0.900. The first-order chi connectivity index (χ1) is 5.77. The zero-order valence-electron chi connectivity index (χ0n) is 6.67. The lowest BCUT2D eigenvalue weighted by Gasteiger charge is -2.00. The van der Waals surface area contributed by atoms with E-state index in [-0.39, 0.29) is 12.3 Å². The summed E-state index contributed by atoms with van der Waals surface area (Å²) in [4.78, 5) is 3.15. The number of nitrogens with zero attached hydrogens (tertiary/aromatic N) is 1. The predicted octanol–water partition coefficient (Wildman–Crippen LogP) is 2.25. The summed E-state index contributed by atoms with van der Waals surface area (Å²) in [5.41, 5.74) is 0.670. The molecule has 0 saturated carbocycles. The van der Waals surface area contributed by atoms with Crippen molar-refractivity contribution in [1.82, 2.24) is 0 Å². The van der Waals surface area contributed by atoms with E-state index in [2.05, 4.69) is 4.85 Å². The van der Waals surface area contributed by atoms with Crippen molar-refractivity contribution in [1.29, 1.82) is 0 Å². The molecular weight excluding hydrogens is 157 g/mol. The van der Waals surface area contributed by atoms with Crippen molar-refractivity contribution < 1.29 is 9.13 Å². The Kier molecular flexibility index (Phi) is 2.65. The number of hydrogen-bond donors (Lipinski definition) is 0. The summed E-state index contributed by atoms with van der Waals surface area (Å²) < 4.78 is 17.7. The highest BCUT2D eigenvalue weighted by Gasteiger charge is 2.03. The molecule has 1 rings (SSSR count). The monoisotopic (exact) mass is 165 g/mol. The number of rotatable bonds is 2. The van der Waals surface area contributed by atoms with Crippen molar-refractivity contribution in [3.8, 4) is 5.75 Å². The van der Waals surface area contributed by atoms with Crippen molar-refractivity contribution in [2.24, 2.45) is 0 Å². The highest BCUT2D eigenvalue weighted by Crippen LogP contribution is 2.17. The van der Waals surface area contributed by atoms with Gasteiger partial charge in [-0.1, -0.05) is 0 Å². The smallest absolute Gasteiger partial charge is 0.239 e. The van der Waals surface area contributed by atoms with Crippen LogP contribution in [0.5, 0.6) is 5.75 Å². The van der Waals surface area contributed by atoms with Crippen LogP contribution in [0.15, 0.2) is 18.2 Å². The predicted molar refractivity (Wildman–Crippen MR) is 43.3 cm³/mol. The third-order valence-electron chi connectivity index (χ3n) is 1.48. The van der Waals surface area contributed by atoms with Crippen molar-refractivity contribution >= 4 is 0 Å². The summed E-state index contributed by atoms with van der Waals surface area (Å²) in [5, 5.41) is 0. The molecule has 0 fully saturated rings. The van der Waals surface area contributed by atoms with Crippen LogP contribution in [0.3, 0.4) is 0 Å². The van der Waals surface area contributed by atoms with Gasteiger partial charge in [0.25, 0.3) is 0 Å². The van der Waals surface area contributed by atoms with E-state index in [9.17, 15) is 4.39 Å². The molecule has 62 valence electrons. The van der Waals surface area contributed by atoms with Crippen LogP contribution in [0.2, 0.25) is 0 Å². The molecular formula is C9H8FNO. The molecule has 0 heterocycles. The third kappa shape index (κ3) is 1.73. The molecule has 0 saturated heterocycles. The second kappa shape index (κ2) is 3.72. The quantitative estimate of drug-likeness (QED) is 0.613. The summed E-state index contributed by atoms with van der Waals surface area (Å²) in [6, 6.07) is 4.52. The molecule has 0 atom stereocenters. The fourth-order valence-electron chi connectivity index (χ4n) is 0.900. The molecule has 2 nitrogen and oxygen atoms in total. The Hall–Kier alpha value is -1.56. The van der Waals surface area contributed by atoms with Gasteiger partial charge in [-0.05, 0) is 18.2 Å². The zero-order valence-corrected chi connectivity index (χ0v) is 6.67. The van der Waals surface area contributed by atoms with E-state index < -0.39 is 5.82 Å². The Balaban J connectivity index is 2.95. The third-order valence-corrected chi connectivity index (χ3v) is 1.48. The Labute approximate surface area is 70.4 Å². The first-order valence-electron chi connectivity index (χ1n) is 3.43. The molecule has 0 spiro atoms. The molecule has 0 aliphatic heterocycles. The van der Waals surface area contributed by atoms with Gasteiger partial charge in [-0.25, -0.2) is 11.0 Å². The number of hydrogen-bond acceptors (Lipinski definition) is 1. The van der Waals surface area contributed by atoms with Crippen molar-refractivity contribution in [2.75, 3.05) is 7.11 Å². The first-order valence-corrected chi connectivity index (χ1v) is 3.43. The van der Waals surface area contributed by atoms with Gasteiger partial charge in [-0.2, -0.15) is 0 Å². The molecule has 0 aliphatic carbocycles. The van der Waals surface area contributed by atoms with E-state index in [4.69, 9.17) is 11.3 Å². The lowest BCUT2D eigenvalue weighted by Crippen LogP contribution is -1.89. The summed E-state index contributed by atoms with van der Waals surface area (Å²) >= 11 is 0. The molecule has 1 aromatic carbocycles. The maximum absolute atomic E-state index is 12.9. The van der Waals surface area contributed by atoms with Gasteiger partial charge in [0.05, 0.1) is 7.11 Å². The van der Waals surface area contributed by atoms with E-state index in [1.54, 1.807) is 6.07 Å². The van der Waals surface area contributed by atoms with Gasteiger partial charge in [0, 0.05) is 5.56 Å². The minimum atomic E-state index is -0.418. The normalized spacial score (nSPS) is 9.08. The van der Waals surface area contributed by atoms with Crippen LogP contribution in [-0.4, -0.2) is 7.11 Å². The second-order valence-electron chi connectivity index (χ2n) is 2.29. The summed E-state index contributed by atoms with van der Waals surface area (Å²) in [5.74, 6) is -0.206. The molecule has 0 unspecified atom stereocenters. The molecule has 12 heavy (non-hydrogen) atoms. The van der Waals surface area contributed by atoms with Gasteiger partial charge in [0.2, 0.25) is 6.54 Å². The van der Waals surface area contributed by atoms with E-state index in [1.807, 2.05) is 0 Å². The van der Waals surface area contributed by atoms with E-state index in [0.29, 0.717) is 5.56 Å². The minimum absolute atomic E-state index is 0.209. The van der Waals surface area contributed by atoms with E-state index in [0.717, 1.165) is 0 Å². The molecule has 0 bridgehead atoms. The number of benzene rings is 1. The maximum atomic E-state index is 12.9. The molecule has 0 N–H and O–H groups in total. The van der Waals surface area contributed by atoms with Gasteiger partial charge >= 0.3 is 0 Å². The number of halogens is 1. The molecule has 3 heteroatoms. The van der Waals surface area contributed by atoms with E-state index in [1.165, 1.54) is 19.2 Å². The minimum Gasteiger partial charge on any atom is -0.494 e. The lowest BCUT2D eigenvalue weighted by molar-refractivity contribution is 0.386. The molecule has 0 radical (unpaired) electrons. The van der Waals surface area contributed by atoms with Crippen LogP contribution in [-0.2, 0) is 6.54 Å². The van der Waals surface area contributed by atoms with Crippen molar-refractivity contribution in [3.05, 3.63) is 41.0 Å². The van der Waals surface area contributed by atoms with Gasteiger partial charge < -0.3 is 9.58 Å². The molecule has 0 aromatic heterocycles. The highest BCUT2D eigenvalue weighted by atomic mass is 19.1. The topological polar surface area (TPSA) is 13.6 Å². The van der Waals surface area contributed by atoms with Crippen LogP contribution < -0.4 is 4.74 Å².